The Morgan fingerprint density at radius 2 is 1.06 bits per heavy atom. The first kappa shape index (κ1) is 20.6. The Hall–Kier alpha value is -4.65. The summed E-state index contributed by atoms with van der Waals surface area (Å²) < 4.78 is 1.55. The molecule has 3 aromatic carbocycles. The van der Waals surface area contributed by atoms with Crippen molar-refractivity contribution in [2.24, 2.45) is 4.99 Å². The van der Waals surface area contributed by atoms with Crippen LogP contribution in [0.1, 0.15) is 31.1 Å². The summed E-state index contributed by atoms with van der Waals surface area (Å²) in [6.07, 6.45) is 1.21. The van der Waals surface area contributed by atoms with Crippen molar-refractivity contribution < 1.29 is 14.4 Å². The minimum absolute atomic E-state index is 0.171. The first-order chi connectivity index (χ1) is 15.6. The van der Waals surface area contributed by atoms with Crippen LogP contribution in [0.4, 0.5) is 0 Å². The Morgan fingerprint density at radius 3 is 1.59 bits per heavy atom. The number of hydrogen-bond donors (Lipinski definition) is 0. The van der Waals surface area contributed by atoms with E-state index in [2.05, 4.69) is 4.99 Å². The van der Waals surface area contributed by atoms with E-state index in [1.54, 1.807) is 78.9 Å². The van der Waals surface area contributed by atoms with Crippen LogP contribution in [0.5, 0.6) is 0 Å². The van der Waals surface area contributed by atoms with Crippen molar-refractivity contribution in [1.29, 1.82) is 0 Å². The van der Waals surface area contributed by atoms with Crippen molar-refractivity contribution in [3.8, 4) is 0 Å². The molecule has 0 bridgehead atoms. The predicted molar refractivity (Wildman–Crippen MR) is 117 cm³/mol. The molecule has 0 spiro atoms. The van der Waals surface area contributed by atoms with Gasteiger partial charge in [0.25, 0.3) is 17.7 Å². The van der Waals surface area contributed by atoms with E-state index in [0.29, 0.717) is 5.56 Å². The second kappa shape index (κ2) is 9.01. The van der Waals surface area contributed by atoms with Gasteiger partial charge in [0, 0.05) is 22.9 Å². The lowest BCUT2D eigenvalue weighted by molar-refractivity contribution is 0.0930. The Balaban J connectivity index is 1.91. The molecule has 7 heteroatoms. The van der Waals surface area contributed by atoms with Crippen LogP contribution in [0.25, 0.3) is 0 Å². The molecule has 1 heterocycles. The molecule has 4 rings (SSSR count). The molecule has 0 aliphatic carbocycles. The van der Waals surface area contributed by atoms with Crippen LogP contribution in [-0.2, 0) is 0 Å². The van der Waals surface area contributed by atoms with Crippen molar-refractivity contribution in [3.05, 3.63) is 136 Å². The van der Waals surface area contributed by atoms with Gasteiger partial charge >= 0.3 is 5.69 Å². The summed E-state index contributed by atoms with van der Waals surface area (Å²) in [6.45, 7) is 0. The third-order valence-corrected chi connectivity index (χ3v) is 4.70. The third kappa shape index (κ3) is 4.13. The van der Waals surface area contributed by atoms with Gasteiger partial charge in [-0.05, 0) is 42.5 Å². The quantitative estimate of drug-likeness (QED) is 0.507. The fraction of sp³-hybridized carbons (Fsp3) is 0. The summed E-state index contributed by atoms with van der Waals surface area (Å²) in [6, 6.07) is 25.9. The van der Waals surface area contributed by atoms with Crippen molar-refractivity contribution >= 4 is 17.7 Å². The van der Waals surface area contributed by atoms with Crippen LogP contribution >= 0.6 is 0 Å². The second-order valence-corrected chi connectivity index (χ2v) is 6.79. The van der Waals surface area contributed by atoms with Crippen LogP contribution in [0.15, 0.2) is 113 Å². The molecule has 0 N–H and O–H groups in total. The highest BCUT2D eigenvalue weighted by Gasteiger charge is 2.19. The van der Waals surface area contributed by atoms with Gasteiger partial charge in [-0.25, -0.2) is 13.9 Å². The predicted octanol–water partition coefficient (Wildman–Crippen LogP) is 2.77. The zero-order valence-corrected chi connectivity index (χ0v) is 16.8. The van der Waals surface area contributed by atoms with Gasteiger partial charge in [-0.1, -0.05) is 54.6 Å². The minimum atomic E-state index is -0.921. The lowest BCUT2D eigenvalue weighted by Gasteiger charge is -2.10. The Labute approximate surface area is 182 Å². The first-order valence-corrected chi connectivity index (χ1v) is 9.74. The van der Waals surface area contributed by atoms with Gasteiger partial charge in [0.15, 0.2) is 0 Å². The number of nitrogens with zero attached hydrogens (tertiary/aromatic N) is 3. The molecule has 0 atom stereocenters. The molecule has 0 saturated heterocycles. The molecule has 0 aliphatic rings. The van der Waals surface area contributed by atoms with E-state index < -0.39 is 23.4 Å². The number of aromatic nitrogens is 2. The number of carbonyl (C=O) groups is 3. The normalized spacial score (nSPS) is 11.2. The SMILES string of the molecule is O=C(N=c1ccn(C(=O)c2ccccc2)c(=O)n1C(=O)c1ccccc1)c1ccccc1. The number of benzene rings is 3. The van der Waals surface area contributed by atoms with Crippen molar-refractivity contribution in [1.82, 2.24) is 9.13 Å². The topological polar surface area (TPSA) is 90.5 Å². The second-order valence-electron chi connectivity index (χ2n) is 6.79. The van der Waals surface area contributed by atoms with E-state index in [4.69, 9.17) is 0 Å². The lowest BCUT2D eigenvalue weighted by atomic mass is 10.2. The average molecular weight is 423 g/mol. The van der Waals surface area contributed by atoms with Gasteiger partial charge in [0.1, 0.15) is 5.49 Å². The van der Waals surface area contributed by atoms with Gasteiger partial charge in [-0.15, -0.1) is 0 Å². The van der Waals surface area contributed by atoms with E-state index in [9.17, 15) is 19.2 Å². The average Bonchev–Trinajstić information content (AvgIpc) is 2.85. The van der Waals surface area contributed by atoms with Crippen LogP contribution in [0.2, 0.25) is 0 Å². The van der Waals surface area contributed by atoms with E-state index in [1.807, 2.05) is 0 Å². The molecule has 0 radical (unpaired) electrons. The molecule has 1 aromatic heterocycles. The summed E-state index contributed by atoms with van der Waals surface area (Å²) >= 11 is 0. The van der Waals surface area contributed by atoms with E-state index in [1.165, 1.54) is 24.4 Å². The van der Waals surface area contributed by atoms with E-state index >= 15 is 0 Å². The molecule has 7 nitrogen and oxygen atoms in total. The summed E-state index contributed by atoms with van der Waals surface area (Å²) in [4.78, 5) is 55.9. The molecule has 1 amide bonds. The van der Waals surface area contributed by atoms with Gasteiger partial charge in [-0.3, -0.25) is 14.4 Å². The van der Waals surface area contributed by atoms with Crippen LogP contribution < -0.4 is 11.2 Å². The van der Waals surface area contributed by atoms with Gasteiger partial charge in [0.05, 0.1) is 0 Å². The number of amides is 1. The molecular weight excluding hydrogens is 406 g/mol. The molecule has 32 heavy (non-hydrogen) atoms. The van der Waals surface area contributed by atoms with E-state index in [0.717, 1.165) is 9.13 Å². The maximum Gasteiger partial charge on any atom is 0.344 e. The Bertz CT molecular complexity index is 1420. The summed E-state index contributed by atoms with van der Waals surface area (Å²) in [5.41, 5.74) is -0.304. The fourth-order valence-electron chi connectivity index (χ4n) is 3.10. The zero-order valence-electron chi connectivity index (χ0n) is 16.8. The number of carbonyl (C=O) groups excluding carboxylic acids is 3. The fourth-order valence-corrected chi connectivity index (χ4v) is 3.10. The standard InChI is InChI=1S/C25H17N3O4/c29-22(18-10-4-1-5-11-18)26-21-16-17-27(23(30)19-12-6-2-7-13-19)25(32)28(21)24(31)20-14-8-3-9-15-20/h1-17H. The first-order valence-electron chi connectivity index (χ1n) is 9.74. The maximum absolute atomic E-state index is 13.3. The van der Waals surface area contributed by atoms with E-state index in [-0.39, 0.29) is 16.6 Å². The Kier molecular flexibility index (Phi) is 5.81. The smallest absolute Gasteiger partial charge is 0.268 e. The molecule has 4 aromatic rings. The van der Waals surface area contributed by atoms with Crippen LogP contribution in [0.3, 0.4) is 0 Å². The Morgan fingerprint density at radius 1 is 0.594 bits per heavy atom. The minimum Gasteiger partial charge on any atom is -0.268 e. The monoisotopic (exact) mass is 423 g/mol. The molecule has 0 aliphatic heterocycles. The molecule has 0 fully saturated rings. The number of rotatable bonds is 3. The van der Waals surface area contributed by atoms with Crippen molar-refractivity contribution in [3.63, 3.8) is 0 Å². The molecule has 156 valence electrons. The highest BCUT2D eigenvalue weighted by atomic mass is 16.2. The van der Waals surface area contributed by atoms with Crippen molar-refractivity contribution in [2.45, 2.75) is 0 Å². The van der Waals surface area contributed by atoms with Crippen LogP contribution in [0, 0.1) is 0 Å². The summed E-state index contributed by atoms with van der Waals surface area (Å²) in [5.74, 6) is -1.93. The van der Waals surface area contributed by atoms with Crippen molar-refractivity contribution in [2.75, 3.05) is 0 Å². The van der Waals surface area contributed by atoms with Crippen LogP contribution in [-0.4, -0.2) is 26.9 Å². The molecular formula is C25H17N3O4. The largest absolute Gasteiger partial charge is 0.344 e. The zero-order chi connectivity index (χ0) is 22.5. The third-order valence-electron chi connectivity index (χ3n) is 4.70. The maximum atomic E-state index is 13.3. The van der Waals surface area contributed by atoms with Gasteiger partial charge in [-0.2, -0.15) is 4.99 Å². The van der Waals surface area contributed by atoms with Gasteiger partial charge < -0.3 is 0 Å². The lowest BCUT2D eigenvalue weighted by Crippen LogP contribution is -2.45. The summed E-state index contributed by atoms with van der Waals surface area (Å²) in [5, 5.41) is 0. The number of hydrogen-bond acceptors (Lipinski definition) is 4. The van der Waals surface area contributed by atoms with Gasteiger partial charge in [0.2, 0.25) is 0 Å². The molecule has 0 saturated carbocycles. The molecule has 0 unspecified atom stereocenters. The summed E-state index contributed by atoms with van der Waals surface area (Å²) in [7, 11) is 0. The highest BCUT2D eigenvalue weighted by Crippen LogP contribution is 2.03. The highest BCUT2D eigenvalue weighted by molar-refractivity contribution is 5.98.